The Morgan fingerprint density at radius 2 is 2.09 bits per heavy atom. The fourth-order valence-electron chi connectivity index (χ4n) is 2.25. The largest absolute Gasteiger partial charge is 0.372 e. The predicted octanol–water partition coefficient (Wildman–Crippen LogP) is 4.58. The Kier molecular flexibility index (Phi) is 5.30. The summed E-state index contributed by atoms with van der Waals surface area (Å²) in [6.07, 6.45) is 1.78. The maximum absolute atomic E-state index is 6.49. The van der Waals surface area contributed by atoms with Gasteiger partial charge in [-0.3, -0.25) is 4.98 Å². The van der Waals surface area contributed by atoms with Gasteiger partial charge in [0.05, 0.1) is 27.4 Å². The van der Waals surface area contributed by atoms with Crippen LogP contribution in [0.25, 0.3) is 11.0 Å². The smallest absolute Gasteiger partial charge is 0.166 e. The molecule has 1 N–H and O–H groups in total. The molecule has 23 heavy (non-hydrogen) atoms. The zero-order chi connectivity index (χ0) is 16.2. The Morgan fingerprint density at radius 3 is 2.87 bits per heavy atom. The fourth-order valence-corrected chi connectivity index (χ4v) is 3.75. The second-order valence-electron chi connectivity index (χ2n) is 5.05. The van der Waals surface area contributed by atoms with Gasteiger partial charge in [0.15, 0.2) is 5.16 Å². The van der Waals surface area contributed by atoms with Gasteiger partial charge in [0.1, 0.15) is 0 Å². The Hall–Kier alpha value is -1.43. The van der Waals surface area contributed by atoms with E-state index in [0.717, 1.165) is 34.1 Å². The molecule has 0 saturated heterocycles. The van der Waals surface area contributed by atoms with E-state index in [2.05, 4.69) is 15.0 Å². The molecule has 120 valence electrons. The maximum Gasteiger partial charge on any atom is 0.166 e. The highest BCUT2D eigenvalue weighted by Crippen LogP contribution is 2.31. The number of anilines is 1. The standard InChI is InChI=1S/C16H16Cl2N4S/c1-22(9-7-17)14-6-8-19-13(15(14)18)10-23-16-20-11-4-2-3-5-12(11)21-16/h2-6,8H,7,9-10H2,1H3,(H,20,21). The number of para-hydroxylation sites is 2. The van der Waals surface area contributed by atoms with E-state index in [4.69, 9.17) is 23.2 Å². The Bertz CT molecular complexity index is 773. The zero-order valence-electron chi connectivity index (χ0n) is 12.6. The highest BCUT2D eigenvalue weighted by atomic mass is 35.5. The van der Waals surface area contributed by atoms with Crippen molar-refractivity contribution >= 4 is 51.7 Å². The molecule has 2 heterocycles. The van der Waals surface area contributed by atoms with Crippen molar-refractivity contribution in [3.05, 3.63) is 47.2 Å². The predicted molar refractivity (Wildman–Crippen MR) is 98.9 cm³/mol. The first-order valence-electron chi connectivity index (χ1n) is 7.17. The van der Waals surface area contributed by atoms with Gasteiger partial charge < -0.3 is 9.88 Å². The summed E-state index contributed by atoms with van der Waals surface area (Å²) in [7, 11) is 1.97. The average Bonchev–Trinajstić information content (AvgIpc) is 2.97. The van der Waals surface area contributed by atoms with Gasteiger partial charge in [0, 0.05) is 31.4 Å². The minimum atomic E-state index is 0.554. The number of nitrogens with zero attached hydrogens (tertiary/aromatic N) is 3. The van der Waals surface area contributed by atoms with Gasteiger partial charge in [-0.05, 0) is 18.2 Å². The molecule has 3 aromatic rings. The van der Waals surface area contributed by atoms with Crippen LogP contribution in [-0.2, 0) is 5.75 Å². The first-order chi connectivity index (χ1) is 11.2. The first kappa shape index (κ1) is 16.4. The van der Waals surface area contributed by atoms with Crippen molar-refractivity contribution in [1.29, 1.82) is 0 Å². The van der Waals surface area contributed by atoms with Crippen molar-refractivity contribution in [3.63, 3.8) is 0 Å². The van der Waals surface area contributed by atoms with E-state index in [0.29, 0.717) is 16.7 Å². The molecule has 0 spiro atoms. The number of hydrogen-bond donors (Lipinski definition) is 1. The molecule has 4 nitrogen and oxygen atoms in total. The molecule has 0 atom stereocenters. The number of imidazole rings is 1. The van der Waals surface area contributed by atoms with Crippen LogP contribution in [-0.4, -0.2) is 34.4 Å². The minimum Gasteiger partial charge on any atom is -0.372 e. The van der Waals surface area contributed by atoms with E-state index < -0.39 is 0 Å². The van der Waals surface area contributed by atoms with Crippen LogP contribution < -0.4 is 4.90 Å². The molecule has 0 radical (unpaired) electrons. The average molecular weight is 367 g/mol. The molecule has 3 rings (SSSR count). The highest BCUT2D eigenvalue weighted by molar-refractivity contribution is 7.98. The summed E-state index contributed by atoms with van der Waals surface area (Å²) in [4.78, 5) is 14.3. The van der Waals surface area contributed by atoms with Crippen LogP contribution in [0.3, 0.4) is 0 Å². The Balaban J connectivity index is 1.76. The minimum absolute atomic E-state index is 0.554. The molecule has 0 aliphatic carbocycles. The fraction of sp³-hybridized carbons (Fsp3) is 0.250. The van der Waals surface area contributed by atoms with Gasteiger partial charge in [-0.25, -0.2) is 4.98 Å². The first-order valence-corrected chi connectivity index (χ1v) is 9.07. The summed E-state index contributed by atoms with van der Waals surface area (Å²) in [5.41, 5.74) is 3.79. The van der Waals surface area contributed by atoms with Gasteiger partial charge in [-0.15, -0.1) is 11.6 Å². The van der Waals surface area contributed by atoms with Crippen molar-refractivity contribution in [2.75, 3.05) is 24.4 Å². The quantitative estimate of drug-likeness (QED) is 0.512. The normalized spacial score (nSPS) is 11.1. The van der Waals surface area contributed by atoms with E-state index in [9.17, 15) is 0 Å². The van der Waals surface area contributed by atoms with Crippen LogP contribution in [0.2, 0.25) is 5.02 Å². The van der Waals surface area contributed by atoms with Gasteiger partial charge in [-0.1, -0.05) is 35.5 Å². The third kappa shape index (κ3) is 3.74. The third-order valence-electron chi connectivity index (χ3n) is 3.49. The number of halogens is 2. The molecule has 0 amide bonds. The molecule has 0 unspecified atom stereocenters. The van der Waals surface area contributed by atoms with Crippen LogP contribution in [0.1, 0.15) is 5.69 Å². The van der Waals surface area contributed by atoms with Gasteiger partial charge in [0.2, 0.25) is 0 Å². The number of aromatic nitrogens is 3. The summed E-state index contributed by atoms with van der Waals surface area (Å²) >= 11 is 13.9. The Morgan fingerprint density at radius 1 is 1.26 bits per heavy atom. The number of thioether (sulfide) groups is 1. The van der Waals surface area contributed by atoms with Crippen LogP contribution in [0.15, 0.2) is 41.7 Å². The van der Waals surface area contributed by atoms with Crippen molar-refractivity contribution < 1.29 is 0 Å². The SMILES string of the molecule is CN(CCCl)c1ccnc(CSc2nc3ccccc3[nH]2)c1Cl. The second-order valence-corrected chi connectivity index (χ2v) is 6.77. The molecule has 0 aliphatic rings. The van der Waals surface area contributed by atoms with Crippen LogP contribution >= 0.6 is 35.0 Å². The van der Waals surface area contributed by atoms with Crippen LogP contribution in [0.4, 0.5) is 5.69 Å². The number of pyridine rings is 1. The van der Waals surface area contributed by atoms with Gasteiger partial charge in [-0.2, -0.15) is 0 Å². The monoisotopic (exact) mass is 366 g/mol. The molecule has 0 fully saturated rings. The zero-order valence-corrected chi connectivity index (χ0v) is 14.9. The lowest BCUT2D eigenvalue weighted by Gasteiger charge is -2.20. The summed E-state index contributed by atoms with van der Waals surface area (Å²) in [6.45, 7) is 0.738. The van der Waals surface area contributed by atoms with E-state index in [1.165, 1.54) is 0 Å². The van der Waals surface area contributed by atoms with Crippen molar-refractivity contribution in [1.82, 2.24) is 15.0 Å². The van der Waals surface area contributed by atoms with E-state index in [1.807, 2.05) is 42.3 Å². The van der Waals surface area contributed by atoms with Gasteiger partial charge in [0.25, 0.3) is 0 Å². The Labute approximate surface area is 149 Å². The van der Waals surface area contributed by atoms with Crippen molar-refractivity contribution in [3.8, 4) is 0 Å². The molecular weight excluding hydrogens is 351 g/mol. The highest BCUT2D eigenvalue weighted by Gasteiger charge is 2.12. The second kappa shape index (κ2) is 7.43. The molecule has 2 aromatic heterocycles. The number of fused-ring (bicyclic) bond motifs is 1. The summed E-state index contributed by atoms with van der Waals surface area (Å²) in [6, 6.07) is 9.88. The van der Waals surface area contributed by atoms with Crippen molar-refractivity contribution in [2.24, 2.45) is 0 Å². The summed E-state index contributed by atoms with van der Waals surface area (Å²) < 4.78 is 0. The molecule has 0 saturated carbocycles. The van der Waals surface area contributed by atoms with Crippen LogP contribution in [0, 0.1) is 0 Å². The molecule has 0 aliphatic heterocycles. The number of aromatic amines is 1. The van der Waals surface area contributed by atoms with E-state index >= 15 is 0 Å². The lowest BCUT2D eigenvalue weighted by molar-refractivity contribution is 0.965. The molecule has 0 bridgehead atoms. The molecular formula is C16H16Cl2N4S. The number of alkyl halides is 1. The maximum atomic E-state index is 6.49. The lowest BCUT2D eigenvalue weighted by Crippen LogP contribution is -2.20. The van der Waals surface area contributed by atoms with E-state index in [-0.39, 0.29) is 0 Å². The third-order valence-corrected chi connectivity index (χ3v) is 4.95. The lowest BCUT2D eigenvalue weighted by atomic mass is 10.3. The number of H-pyrrole nitrogens is 1. The topological polar surface area (TPSA) is 44.8 Å². The number of hydrogen-bond acceptors (Lipinski definition) is 4. The van der Waals surface area contributed by atoms with Gasteiger partial charge >= 0.3 is 0 Å². The molecule has 7 heteroatoms. The number of benzene rings is 1. The summed E-state index contributed by atoms with van der Waals surface area (Å²) in [5, 5.41) is 1.53. The molecule has 1 aromatic carbocycles. The van der Waals surface area contributed by atoms with E-state index in [1.54, 1.807) is 18.0 Å². The number of rotatable bonds is 6. The van der Waals surface area contributed by atoms with Crippen LogP contribution in [0.5, 0.6) is 0 Å². The van der Waals surface area contributed by atoms with Crippen molar-refractivity contribution in [2.45, 2.75) is 10.9 Å². The summed E-state index contributed by atoms with van der Waals surface area (Å²) in [5.74, 6) is 1.21. The number of nitrogens with one attached hydrogen (secondary N) is 1.